The Hall–Kier alpha value is -3.47. The highest BCUT2D eigenvalue weighted by atomic mass is 19.4. The van der Waals surface area contributed by atoms with Crippen molar-refractivity contribution in [1.29, 1.82) is 0 Å². The van der Waals surface area contributed by atoms with Crippen molar-refractivity contribution in [2.45, 2.75) is 30.5 Å². The second kappa shape index (κ2) is 7.27. The van der Waals surface area contributed by atoms with Crippen LogP contribution in [0.4, 0.5) is 13.2 Å². The van der Waals surface area contributed by atoms with E-state index in [1.807, 2.05) is 0 Å². The zero-order chi connectivity index (χ0) is 23.5. The maximum Gasteiger partial charge on any atom is 0.416 e. The maximum absolute atomic E-state index is 13.5. The molecule has 0 bridgehead atoms. The molecular formula is C22H20F3N5O3. The van der Waals surface area contributed by atoms with E-state index in [9.17, 15) is 27.9 Å². The van der Waals surface area contributed by atoms with Crippen LogP contribution in [0.15, 0.2) is 42.6 Å². The van der Waals surface area contributed by atoms with Crippen LogP contribution < -0.4 is 5.73 Å². The zero-order valence-electron chi connectivity index (χ0n) is 17.3. The number of pyridine rings is 1. The third kappa shape index (κ3) is 3.52. The Kier molecular flexibility index (Phi) is 4.71. The van der Waals surface area contributed by atoms with Crippen LogP contribution in [-0.4, -0.2) is 55.1 Å². The number of likely N-dealkylation sites (tertiary alicyclic amines) is 1. The molecule has 8 nitrogen and oxygen atoms in total. The molecule has 0 radical (unpaired) electrons. The monoisotopic (exact) mass is 459 g/mol. The van der Waals surface area contributed by atoms with Crippen LogP contribution in [0.1, 0.15) is 50.9 Å². The van der Waals surface area contributed by atoms with Crippen molar-refractivity contribution < 1.29 is 27.9 Å². The molecule has 2 aliphatic rings. The highest BCUT2D eigenvalue weighted by Crippen LogP contribution is 2.50. The van der Waals surface area contributed by atoms with E-state index in [1.54, 1.807) is 6.07 Å². The van der Waals surface area contributed by atoms with Gasteiger partial charge in [0.2, 0.25) is 5.82 Å². The second-order valence-electron chi connectivity index (χ2n) is 8.81. The Morgan fingerprint density at radius 3 is 2.61 bits per heavy atom. The minimum absolute atomic E-state index is 0.0175. The number of hydrogen-bond acceptors (Lipinski definition) is 5. The van der Waals surface area contributed by atoms with Gasteiger partial charge in [-0.1, -0.05) is 18.2 Å². The molecular weight excluding hydrogens is 439 g/mol. The third-order valence-electron chi connectivity index (χ3n) is 6.77. The zero-order valence-corrected chi connectivity index (χ0v) is 17.3. The molecule has 5 rings (SSSR count). The van der Waals surface area contributed by atoms with Crippen LogP contribution in [-0.2, 0) is 6.18 Å². The van der Waals surface area contributed by atoms with Crippen molar-refractivity contribution in [1.82, 2.24) is 19.5 Å². The summed E-state index contributed by atoms with van der Waals surface area (Å²) in [5.41, 5.74) is 5.71. The number of benzene rings is 1. The van der Waals surface area contributed by atoms with E-state index in [0.29, 0.717) is 18.5 Å². The van der Waals surface area contributed by atoms with Gasteiger partial charge in [0, 0.05) is 24.8 Å². The van der Waals surface area contributed by atoms with E-state index < -0.39 is 29.2 Å². The largest absolute Gasteiger partial charge is 0.478 e. The molecule has 11 heteroatoms. The molecule has 2 aromatic heterocycles. The van der Waals surface area contributed by atoms with E-state index >= 15 is 0 Å². The topological polar surface area (TPSA) is 114 Å². The fraction of sp³-hybridized carbons (Fsp3) is 0.364. The summed E-state index contributed by atoms with van der Waals surface area (Å²) in [5.74, 6) is -2.14. The van der Waals surface area contributed by atoms with Gasteiger partial charge in [0.1, 0.15) is 0 Å². The van der Waals surface area contributed by atoms with Gasteiger partial charge in [-0.2, -0.15) is 13.2 Å². The van der Waals surface area contributed by atoms with Crippen LogP contribution in [0.5, 0.6) is 0 Å². The van der Waals surface area contributed by atoms with Gasteiger partial charge in [-0.15, -0.1) is 10.2 Å². The van der Waals surface area contributed by atoms with E-state index in [-0.39, 0.29) is 41.9 Å². The number of aromatic nitrogens is 3. The van der Waals surface area contributed by atoms with Gasteiger partial charge in [0.25, 0.3) is 5.91 Å². The van der Waals surface area contributed by atoms with Crippen molar-refractivity contribution in [3.63, 3.8) is 0 Å². The molecule has 1 saturated carbocycles. The number of halogens is 3. The predicted octanol–water partition coefficient (Wildman–Crippen LogP) is 2.79. The van der Waals surface area contributed by atoms with Gasteiger partial charge in [-0.3, -0.25) is 9.20 Å². The number of nitrogens with zero attached hydrogens (tertiary/aromatic N) is 4. The molecule has 2 fully saturated rings. The highest BCUT2D eigenvalue weighted by Gasteiger charge is 2.53. The first-order valence-corrected chi connectivity index (χ1v) is 10.4. The van der Waals surface area contributed by atoms with Crippen LogP contribution in [0, 0.1) is 5.92 Å². The smallest absolute Gasteiger partial charge is 0.416 e. The second-order valence-corrected chi connectivity index (χ2v) is 8.81. The van der Waals surface area contributed by atoms with Crippen molar-refractivity contribution in [2.75, 3.05) is 13.1 Å². The number of carboxylic acid groups (broad SMARTS) is 1. The molecule has 172 valence electrons. The Morgan fingerprint density at radius 1 is 1.15 bits per heavy atom. The first-order chi connectivity index (χ1) is 15.6. The minimum atomic E-state index is -4.44. The summed E-state index contributed by atoms with van der Waals surface area (Å²) in [4.78, 5) is 26.0. The van der Waals surface area contributed by atoms with Gasteiger partial charge < -0.3 is 15.7 Å². The fourth-order valence-corrected chi connectivity index (χ4v) is 5.23. The number of carbonyl (C=O) groups excluding carboxylic acids is 1. The summed E-state index contributed by atoms with van der Waals surface area (Å²) in [7, 11) is 0. The number of carbonyl (C=O) groups is 2. The third-order valence-corrected chi connectivity index (χ3v) is 6.77. The number of amides is 1. The first kappa shape index (κ1) is 21.4. The van der Waals surface area contributed by atoms with E-state index in [4.69, 9.17) is 5.73 Å². The van der Waals surface area contributed by atoms with E-state index in [2.05, 4.69) is 10.2 Å². The summed E-state index contributed by atoms with van der Waals surface area (Å²) in [6.45, 7) is 0.461. The Morgan fingerprint density at radius 2 is 1.91 bits per heavy atom. The average molecular weight is 459 g/mol. The Bertz CT molecular complexity index is 1270. The number of nitrogens with two attached hydrogens (primary N) is 1. The number of aromatic carboxylic acids is 1. The first-order valence-electron chi connectivity index (χ1n) is 10.4. The van der Waals surface area contributed by atoms with Crippen molar-refractivity contribution >= 4 is 17.5 Å². The number of hydrogen-bond donors (Lipinski definition) is 2. The molecule has 33 heavy (non-hydrogen) atoms. The molecule has 0 spiro atoms. The molecule has 0 unspecified atom stereocenters. The van der Waals surface area contributed by atoms with Gasteiger partial charge >= 0.3 is 12.1 Å². The van der Waals surface area contributed by atoms with Gasteiger partial charge in [0.05, 0.1) is 11.1 Å². The number of alkyl halides is 3. The summed E-state index contributed by atoms with van der Waals surface area (Å²) in [6, 6.07) is 8.39. The summed E-state index contributed by atoms with van der Waals surface area (Å²) >= 11 is 0. The summed E-state index contributed by atoms with van der Waals surface area (Å²) in [6.07, 6.45) is -2.39. The van der Waals surface area contributed by atoms with Crippen LogP contribution in [0.3, 0.4) is 0 Å². The van der Waals surface area contributed by atoms with Crippen LogP contribution in [0.25, 0.3) is 5.65 Å². The summed E-state index contributed by atoms with van der Waals surface area (Å²) in [5, 5.41) is 17.1. The number of rotatable bonds is 3. The Balaban J connectivity index is 1.38. The summed E-state index contributed by atoms with van der Waals surface area (Å²) < 4.78 is 41.8. The van der Waals surface area contributed by atoms with Gasteiger partial charge in [-0.25, -0.2) is 4.79 Å². The van der Waals surface area contributed by atoms with Crippen molar-refractivity contribution in [3.05, 3.63) is 65.1 Å². The maximum atomic E-state index is 13.5. The van der Waals surface area contributed by atoms with Gasteiger partial charge in [-0.05, 0) is 48.4 Å². The molecule has 3 N–H and O–H groups in total. The quantitative estimate of drug-likeness (QED) is 0.623. The SMILES string of the molecule is N[C@@]12C[C@H](c3ccccc3C(F)(F)F)C[C@@H]1CN(C(=O)c1nnc3ccc(C(=O)O)cn13)C2. The molecule has 1 saturated heterocycles. The van der Waals surface area contributed by atoms with Gasteiger partial charge in [0.15, 0.2) is 5.65 Å². The molecule has 1 aliphatic carbocycles. The number of fused-ring (bicyclic) bond motifs is 2. The molecule has 1 aliphatic heterocycles. The molecule has 3 atom stereocenters. The average Bonchev–Trinajstić information content (AvgIpc) is 3.41. The molecule has 1 amide bonds. The van der Waals surface area contributed by atoms with Crippen molar-refractivity contribution in [3.8, 4) is 0 Å². The fourth-order valence-electron chi connectivity index (χ4n) is 5.23. The minimum Gasteiger partial charge on any atom is -0.478 e. The molecule has 3 aromatic rings. The lowest BCUT2D eigenvalue weighted by Crippen LogP contribution is -2.45. The van der Waals surface area contributed by atoms with Crippen molar-refractivity contribution in [2.24, 2.45) is 11.7 Å². The molecule has 3 heterocycles. The normalized spacial score (nSPS) is 24.9. The van der Waals surface area contributed by atoms with E-state index in [0.717, 1.165) is 6.07 Å². The lowest BCUT2D eigenvalue weighted by molar-refractivity contribution is -0.138. The van der Waals surface area contributed by atoms with Crippen LogP contribution in [0.2, 0.25) is 0 Å². The molecule has 1 aromatic carbocycles. The predicted molar refractivity (Wildman–Crippen MR) is 110 cm³/mol. The lowest BCUT2D eigenvalue weighted by Gasteiger charge is -2.25. The highest BCUT2D eigenvalue weighted by molar-refractivity contribution is 5.92. The van der Waals surface area contributed by atoms with Crippen LogP contribution >= 0.6 is 0 Å². The number of carboxylic acids is 1. The lowest BCUT2D eigenvalue weighted by atomic mass is 9.89. The van der Waals surface area contributed by atoms with E-state index in [1.165, 1.54) is 39.8 Å². The standard InChI is InChI=1S/C22H20F3N5O3/c23-22(24,25)16-4-2-1-3-15(16)13-7-14-10-29(11-21(14,26)8-13)19(31)18-28-27-17-6-5-12(20(32)33)9-30(17)18/h1-6,9,13-14H,7-8,10-11,26H2,(H,32,33)/t13-,14-,21-/m1/s1. The Labute approximate surface area is 185 Å².